The lowest BCUT2D eigenvalue weighted by Gasteiger charge is -2.26. The van der Waals surface area contributed by atoms with Crippen LogP contribution in [0.1, 0.15) is 16.9 Å². The molecule has 3 heterocycles. The van der Waals surface area contributed by atoms with Gasteiger partial charge in [-0.05, 0) is 24.3 Å². The molecule has 2 aromatic heterocycles. The Morgan fingerprint density at radius 2 is 2.03 bits per heavy atom. The fourth-order valence-electron chi connectivity index (χ4n) is 3.61. The molecule has 0 unspecified atom stereocenters. The molecule has 1 atom stereocenters. The monoisotopic (exact) mass is 493 g/mol. The van der Waals surface area contributed by atoms with Gasteiger partial charge in [0, 0.05) is 13.6 Å². The highest BCUT2D eigenvalue weighted by molar-refractivity contribution is 7.99. The van der Waals surface area contributed by atoms with Gasteiger partial charge in [0.2, 0.25) is 5.91 Å². The van der Waals surface area contributed by atoms with Crippen LogP contribution in [0.5, 0.6) is 11.5 Å². The molecule has 1 aliphatic rings. The molecule has 0 saturated heterocycles. The van der Waals surface area contributed by atoms with Gasteiger partial charge in [0.05, 0.1) is 22.5 Å². The smallest absolute Gasteiger partial charge is 0.233 e. The molecule has 0 fully saturated rings. The van der Waals surface area contributed by atoms with E-state index >= 15 is 0 Å². The molecule has 0 bridgehead atoms. The highest BCUT2D eigenvalue weighted by Crippen LogP contribution is 2.36. The van der Waals surface area contributed by atoms with Crippen LogP contribution in [0.15, 0.2) is 66.3 Å². The predicted octanol–water partition coefficient (Wildman–Crippen LogP) is 4.34. The van der Waals surface area contributed by atoms with Crippen LogP contribution in [0, 0.1) is 0 Å². The van der Waals surface area contributed by atoms with Crippen molar-refractivity contribution < 1.29 is 14.3 Å². The number of aromatic nitrogens is 4. The highest BCUT2D eigenvalue weighted by atomic mass is 32.2. The predicted molar refractivity (Wildman–Crippen MR) is 132 cm³/mol. The molecule has 1 amide bonds. The van der Waals surface area contributed by atoms with E-state index in [0.717, 1.165) is 15.2 Å². The number of benzene rings is 2. The van der Waals surface area contributed by atoms with Gasteiger partial charge < -0.3 is 14.4 Å². The molecule has 2 aromatic carbocycles. The first kappa shape index (κ1) is 22.4. The second kappa shape index (κ2) is 9.86. The van der Waals surface area contributed by atoms with Gasteiger partial charge in [-0.1, -0.05) is 42.1 Å². The number of hydrogen-bond donors (Lipinski definition) is 0. The third-order valence-electron chi connectivity index (χ3n) is 5.31. The van der Waals surface area contributed by atoms with E-state index in [9.17, 15) is 4.79 Å². The van der Waals surface area contributed by atoms with Crippen molar-refractivity contribution >= 4 is 39.2 Å². The van der Waals surface area contributed by atoms with Gasteiger partial charge in [-0.2, -0.15) is 0 Å². The van der Waals surface area contributed by atoms with Crippen molar-refractivity contribution in [3.63, 3.8) is 0 Å². The van der Waals surface area contributed by atoms with E-state index in [1.165, 1.54) is 11.8 Å². The van der Waals surface area contributed by atoms with Crippen LogP contribution in [0.25, 0.3) is 10.2 Å². The fraction of sp³-hybridized carbons (Fsp3) is 0.250. The number of carbonyl (C=O) groups excluding carboxylic acids is 1. The summed E-state index contributed by atoms with van der Waals surface area (Å²) in [5, 5.41) is 10.2. The van der Waals surface area contributed by atoms with Gasteiger partial charge in [0.15, 0.2) is 28.6 Å². The Labute approximate surface area is 205 Å². The van der Waals surface area contributed by atoms with E-state index in [4.69, 9.17) is 9.47 Å². The first-order valence-corrected chi connectivity index (χ1v) is 12.6. The van der Waals surface area contributed by atoms with Crippen LogP contribution in [0.3, 0.4) is 0 Å². The zero-order chi connectivity index (χ0) is 23.5. The first-order valence-electron chi connectivity index (χ1n) is 10.8. The fourth-order valence-corrected chi connectivity index (χ4v) is 5.52. The van der Waals surface area contributed by atoms with Crippen LogP contribution < -0.4 is 9.47 Å². The largest absolute Gasteiger partial charge is 0.485 e. The summed E-state index contributed by atoms with van der Waals surface area (Å²) in [5.74, 6) is 2.26. The standard InChI is InChI=1S/C24H23N5O3S2/c1-3-12-29-23(19-14-31-17-9-5-6-10-18(17)32-19)26-27-24(29)33-15-22(30)28(2)13-21-25-16-8-4-7-11-20(16)34-21/h3-11,19H,1,12-15H2,2H3/t19-/m0/s1. The second-order valence-electron chi connectivity index (χ2n) is 7.72. The van der Waals surface area contributed by atoms with Crippen LogP contribution in [0.4, 0.5) is 0 Å². The molecule has 8 nitrogen and oxygen atoms in total. The van der Waals surface area contributed by atoms with Crippen molar-refractivity contribution in [3.8, 4) is 11.5 Å². The quantitative estimate of drug-likeness (QED) is 0.267. The average molecular weight is 494 g/mol. The van der Waals surface area contributed by atoms with Crippen molar-refractivity contribution in [2.45, 2.75) is 24.3 Å². The molecule has 0 radical (unpaired) electrons. The first-order chi connectivity index (χ1) is 16.6. The summed E-state index contributed by atoms with van der Waals surface area (Å²) in [6.45, 7) is 5.15. The maximum atomic E-state index is 12.8. The van der Waals surface area contributed by atoms with Gasteiger partial charge in [0.25, 0.3) is 0 Å². The summed E-state index contributed by atoms with van der Waals surface area (Å²) in [7, 11) is 1.79. The van der Waals surface area contributed by atoms with E-state index in [-0.39, 0.29) is 11.7 Å². The van der Waals surface area contributed by atoms with E-state index in [1.54, 1.807) is 29.4 Å². The van der Waals surface area contributed by atoms with Crippen molar-refractivity contribution in [2.75, 3.05) is 19.4 Å². The van der Waals surface area contributed by atoms with Gasteiger partial charge >= 0.3 is 0 Å². The van der Waals surface area contributed by atoms with Crippen molar-refractivity contribution in [3.05, 3.63) is 72.0 Å². The van der Waals surface area contributed by atoms with Crippen molar-refractivity contribution in [1.82, 2.24) is 24.6 Å². The van der Waals surface area contributed by atoms with Crippen LogP contribution in [-0.4, -0.2) is 50.0 Å². The molecule has 0 saturated carbocycles. The number of thioether (sulfide) groups is 1. The normalized spacial score (nSPS) is 14.8. The Balaban J connectivity index is 1.24. The molecular formula is C24H23N5O3S2. The molecule has 0 spiro atoms. The molecule has 0 aliphatic carbocycles. The summed E-state index contributed by atoms with van der Waals surface area (Å²) in [6.07, 6.45) is 1.38. The molecule has 10 heteroatoms. The number of para-hydroxylation sites is 3. The minimum absolute atomic E-state index is 0.00913. The molecule has 4 aromatic rings. The lowest BCUT2D eigenvalue weighted by molar-refractivity contribution is -0.127. The van der Waals surface area contributed by atoms with Crippen LogP contribution in [-0.2, 0) is 17.9 Å². The number of thiazole rings is 1. The maximum absolute atomic E-state index is 12.8. The van der Waals surface area contributed by atoms with Crippen LogP contribution in [0.2, 0.25) is 0 Å². The SMILES string of the molecule is C=CCn1c(SCC(=O)N(C)Cc2nc3ccccc3s2)nnc1[C@@H]1COc2ccccc2O1. The number of ether oxygens (including phenoxy) is 2. The van der Waals surface area contributed by atoms with Crippen molar-refractivity contribution in [2.24, 2.45) is 0 Å². The minimum Gasteiger partial charge on any atom is -0.485 e. The van der Waals surface area contributed by atoms with Gasteiger partial charge in [-0.3, -0.25) is 9.36 Å². The highest BCUT2D eigenvalue weighted by Gasteiger charge is 2.28. The number of carbonyl (C=O) groups is 1. The lowest BCUT2D eigenvalue weighted by Crippen LogP contribution is -2.28. The number of allylic oxidation sites excluding steroid dienone is 1. The van der Waals surface area contributed by atoms with Crippen LogP contribution >= 0.6 is 23.1 Å². The van der Waals surface area contributed by atoms with E-state index in [2.05, 4.69) is 21.8 Å². The number of hydrogen-bond acceptors (Lipinski definition) is 8. The molecular weight excluding hydrogens is 470 g/mol. The minimum atomic E-state index is -0.394. The van der Waals surface area contributed by atoms with Gasteiger partial charge in [-0.25, -0.2) is 4.98 Å². The summed E-state index contributed by atoms with van der Waals surface area (Å²) in [6, 6.07) is 15.5. The zero-order valence-corrected chi connectivity index (χ0v) is 20.2. The topological polar surface area (TPSA) is 82.4 Å². The third kappa shape index (κ3) is 4.64. The van der Waals surface area contributed by atoms with E-state index in [0.29, 0.717) is 42.2 Å². The number of fused-ring (bicyclic) bond motifs is 2. The van der Waals surface area contributed by atoms with Gasteiger partial charge in [0.1, 0.15) is 11.6 Å². The molecule has 34 heavy (non-hydrogen) atoms. The summed E-state index contributed by atoms with van der Waals surface area (Å²) < 4.78 is 15.0. The zero-order valence-electron chi connectivity index (χ0n) is 18.6. The van der Waals surface area contributed by atoms with Crippen molar-refractivity contribution in [1.29, 1.82) is 0 Å². The second-order valence-corrected chi connectivity index (χ2v) is 9.78. The summed E-state index contributed by atoms with van der Waals surface area (Å²) >= 11 is 2.95. The molecule has 5 rings (SSSR count). The Morgan fingerprint density at radius 1 is 1.24 bits per heavy atom. The Morgan fingerprint density at radius 3 is 2.85 bits per heavy atom. The van der Waals surface area contributed by atoms with Gasteiger partial charge in [-0.15, -0.1) is 28.1 Å². The molecule has 174 valence electrons. The Kier molecular flexibility index (Phi) is 6.50. The Bertz CT molecular complexity index is 1300. The maximum Gasteiger partial charge on any atom is 0.233 e. The summed E-state index contributed by atoms with van der Waals surface area (Å²) in [5.41, 5.74) is 0.958. The number of nitrogens with zero attached hydrogens (tertiary/aromatic N) is 5. The average Bonchev–Trinajstić information content (AvgIpc) is 3.45. The third-order valence-corrected chi connectivity index (χ3v) is 7.29. The number of amides is 1. The molecule has 0 N–H and O–H groups in total. The van der Waals surface area contributed by atoms with E-state index in [1.807, 2.05) is 53.1 Å². The summed E-state index contributed by atoms with van der Waals surface area (Å²) in [4.78, 5) is 19.1. The lowest BCUT2D eigenvalue weighted by atomic mass is 10.2. The molecule has 1 aliphatic heterocycles. The van der Waals surface area contributed by atoms with E-state index < -0.39 is 6.10 Å². The Hall–Kier alpha value is -3.37. The number of rotatable bonds is 8.